The number of nitrogens with zero attached hydrogens (tertiary/aromatic N) is 2. The van der Waals surface area contributed by atoms with Crippen LogP contribution < -0.4 is 5.73 Å². The Kier molecular flexibility index (Phi) is 4.59. The molecule has 5 nitrogen and oxygen atoms in total. The van der Waals surface area contributed by atoms with Crippen LogP contribution in [0.25, 0.3) is 0 Å². The Morgan fingerprint density at radius 3 is 2.75 bits per heavy atom. The summed E-state index contributed by atoms with van der Waals surface area (Å²) in [6.45, 7) is -1.78. The summed E-state index contributed by atoms with van der Waals surface area (Å²) in [7, 11) is 0. The first-order chi connectivity index (χ1) is 9.38. The molecule has 0 aromatic carbocycles. The van der Waals surface area contributed by atoms with Gasteiger partial charge in [-0.05, 0) is 19.3 Å². The average Bonchev–Trinajstić information content (AvgIpc) is 2.97. The van der Waals surface area contributed by atoms with Crippen LogP contribution in [-0.4, -0.2) is 35.1 Å². The topological polar surface area (TPSA) is 74.2 Å². The first-order valence-electron chi connectivity index (χ1n) is 6.20. The van der Waals surface area contributed by atoms with Crippen LogP contribution in [0.15, 0.2) is 4.52 Å². The van der Waals surface area contributed by atoms with Crippen LogP contribution in [0.3, 0.4) is 0 Å². The van der Waals surface area contributed by atoms with E-state index in [-0.39, 0.29) is 17.8 Å². The van der Waals surface area contributed by atoms with Crippen LogP contribution in [0.2, 0.25) is 0 Å². The Hall–Kier alpha value is -1.22. The molecule has 1 aromatic rings. The summed E-state index contributed by atoms with van der Waals surface area (Å²) >= 11 is 0. The predicted octanol–water partition coefficient (Wildman–Crippen LogP) is 2.08. The lowest BCUT2D eigenvalue weighted by Crippen LogP contribution is -2.32. The first-order valence-corrected chi connectivity index (χ1v) is 6.20. The van der Waals surface area contributed by atoms with Crippen molar-refractivity contribution in [3.8, 4) is 0 Å². The Bertz CT molecular complexity index is 441. The Morgan fingerprint density at radius 2 is 2.15 bits per heavy atom. The van der Waals surface area contributed by atoms with Crippen LogP contribution in [0.5, 0.6) is 0 Å². The molecule has 2 atom stereocenters. The van der Waals surface area contributed by atoms with Gasteiger partial charge in [-0.1, -0.05) is 5.16 Å². The Balaban J connectivity index is 1.81. The molecule has 1 aliphatic rings. The fourth-order valence-corrected chi connectivity index (χ4v) is 2.07. The van der Waals surface area contributed by atoms with E-state index < -0.39 is 25.6 Å². The summed E-state index contributed by atoms with van der Waals surface area (Å²) in [5, 5.41) is 3.57. The molecule has 2 unspecified atom stereocenters. The van der Waals surface area contributed by atoms with Gasteiger partial charge in [0.05, 0.1) is 0 Å². The first kappa shape index (κ1) is 15.2. The van der Waals surface area contributed by atoms with Gasteiger partial charge in [-0.15, -0.1) is 0 Å². The molecule has 1 heterocycles. The number of rotatable bonds is 6. The van der Waals surface area contributed by atoms with E-state index in [1.54, 1.807) is 0 Å². The van der Waals surface area contributed by atoms with E-state index in [0.717, 1.165) is 19.3 Å². The monoisotopic (exact) mass is 297 g/mol. The van der Waals surface area contributed by atoms with E-state index in [4.69, 9.17) is 10.3 Å². The van der Waals surface area contributed by atoms with E-state index in [9.17, 15) is 17.6 Å². The van der Waals surface area contributed by atoms with Crippen molar-refractivity contribution in [3.05, 3.63) is 11.7 Å². The molecule has 1 saturated carbocycles. The van der Waals surface area contributed by atoms with E-state index >= 15 is 0 Å². The fraction of sp³-hybridized carbons (Fsp3) is 0.818. The van der Waals surface area contributed by atoms with Gasteiger partial charge < -0.3 is 15.0 Å². The highest BCUT2D eigenvalue weighted by molar-refractivity contribution is 4.98. The quantitative estimate of drug-likeness (QED) is 0.814. The summed E-state index contributed by atoms with van der Waals surface area (Å²) in [4.78, 5) is 4.00. The lowest BCUT2D eigenvalue weighted by atomic mass is 10.1. The molecule has 0 saturated heterocycles. The molecule has 0 bridgehead atoms. The molecule has 2 rings (SSSR count). The van der Waals surface area contributed by atoms with Gasteiger partial charge in [-0.3, -0.25) is 0 Å². The Labute approximate surface area is 112 Å². The average molecular weight is 297 g/mol. The smallest absolute Gasteiger partial charge is 0.330 e. The lowest BCUT2D eigenvalue weighted by Gasteiger charge is -2.14. The maximum Gasteiger partial charge on any atom is 0.330 e. The summed E-state index contributed by atoms with van der Waals surface area (Å²) in [5.74, 6) is -3.67. The molecule has 9 heteroatoms. The highest BCUT2D eigenvalue weighted by atomic mass is 19.3. The SMILES string of the molecule is NC1CCC(c2nc(COCC(F)(F)C(F)F)no2)C1. The summed E-state index contributed by atoms with van der Waals surface area (Å²) < 4.78 is 58.5. The predicted molar refractivity (Wildman–Crippen MR) is 59.5 cm³/mol. The number of hydrogen-bond donors (Lipinski definition) is 1. The molecular formula is C11H15F4N3O2. The van der Waals surface area contributed by atoms with Crippen molar-refractivity contribution < 1.29 is 26.8 Å². The standard InChI is InChI=1S/C11H15F4N3O2/c12-10(13)11(14,15)5-19-4-8-17-9(20-18-8)6-1-2-7(16)3-6/h6-7,10H,1-5,16H2. The second kappa shape index (κ2) is 6.04. The second-order valence-electron chi connectivity index (χ2n) is 4.87. The zero-order chi connectivity index (χ0) is 14.8. The minimum absolute atomic E-state index is 0.0607. The second-order valence-corrected chi connectivity index (χ2v) is 4.87. The molecule has 114 valence electrons. The molecular weight excluding hydrogens is 282 g/mol. The molecule has 1 aromatic heterocycles. The minimum Gasteiger partial charge on any atom is -0.367 e. The Morgan fingerprint density at radius 1 is 1.40 bits per heavy atom. The molecule has 1 aliphatic carbocycles. The molecule has 0 radical (unpaired) electrons. The van der Waals surface area contributed by atoms with Crippen LogP contribution in [0.1, 0.15) is 36.9 Å². The largest absolute Gasteiger partial charge is 0.367 e. The number of halogens is 4. The summed E-state index contributed by atoms with van der Waals surface area (Å²) in [6.07, 6.45) is -1.35. The van der Waals surface area contributed by atoms with Gasteiger partial charge in [-0.25, -0.2) is 8.78 Å². The van der Waals surface area contributed by atoms with Crippen LogP contribution in [0, 0.1) is 0 Å². The molecule has 0 amide bonds. The van der Waals surface area contributed by atoms with Crippen molar-refractivity contribution >= 4 is 0 Å². The highest BCUT2D eigenvalue weighted by Gasteiger charge is 2.41. The van der Waals surface area contributed by atoms with E-state index in [0.29, 0.717) is 5.89 Å². The van der Waals surface area contributed by atoms with Gasteiger partial charge in [0.15, 0.2) is 5.82 Å². The van der Waals surface area contributed by atoms with E-state index in [2.05, 4.69) is 14.9 Å². The van der Waals surface area contributed by atoms with Gasteiger partial charge in [0.2, 0.25) is 5.89 Å². The van der Waals surface area contributed by atoms with E-state index in [1.807, 2.05) is 0 Å². The normalized spacial score (nSPS) is 23.7. The van der Waals surface area contributed by atoms with Crippen molar-refractivity contribution in [2.45, 2.75) is 50.2 Å². The summed E-state index contributed by atoms with van der Waals surface area (Å²) in [6, 6.07) is 0.0938. The van der Waals surface area contributed by atoms with Crippen LogP contribution in [-0.2, 0) is 11.3 Å². The zero-order valence-electron chi connectivity index (χ0n) is 10.6. The van der Waals surface area contributed by atoms with E-state index in [1.165, 1.54) is 0 Å². The molecule has 2 N–H and O–H groups in total. The van der Waals surface area contributed by atoms with Gasteiger partial charge in [0.1, 0.15) is 13.2 Å². The van der Waals surface area contributed by atoms with Crippen LogP contribution >= 0.6 is 0 Å². The minimum atomic E-state index is -4.18. The zero-order valence-corrected chi connectivity index (χ0v) is 10.6. The van der Waals surface area contributed by atoms with Gasteiger partial charge >= 0.3 is 12.3 Å². The molecule has 1 fully saturated rings. The number of ether oxygens (including phenoxy) is 1. The maximum absolute atomic E-state index is 12.6. The van der Waals surface area contributed by atoms with Crippen molar-refractivity contribution in [3.63, 3.8) is 0 Å². The molecule has 0 aliphatic heterocycles. The number of hydrogen-bond acceptors (Lipinski definition) is 5. The number of nitrogens with two attached hydrogens (primary N) is 1. The van der Waals surface area contributed by atoms with Crippen molar-refractivity contribution in [1.82, 2.24) is 10.1 Å². The van der Waals surface area contributed by atoms with Gasteiger partial charge in [-0.2, -0.15) is 13.8 Å². The van der Waals surface area contributed by atoms with Gasteiger partial charge in [0, 0.05) is 12.0 Å². The van der Waals surface area contributed by atoms with Gasteiger partial charge in [0.25, 0.3) is 0 Å². The van der Waals surface area contributed by atoms with Crippen molar-refractivity contribution in [1.29, 1.82) is 0 Å². The van der Waals surface area contributed by atoms with Crippen molar-refractivity contribution in [2.24, 2.45) is 5.73 Å². The third-order valence-corrected chi connectivity index (χ3v) is 3.15. The number of alkyl halides is 4. The highest BCUT2D eigenvalue weighted by Crippen LogP contribution is 2.32. The third-order valence-electron chi connectivity index (χ3n) is 3.15. The van der Waals surface area contributed by atoms with Crippen LogP contribution in [0.4, 0.5) is 17.6 Å². The number of aromatic nitrogens is 2. The molecule has 0 spiro atoms. The molecule has 20 heavy (non-hydrogen) atoms. The fourth-order valence-electron chi connectivity index (χ4n) is 2.07. The van der Waals surface area contributed by atoms with Crippen molar-refractivity contribution in [2.75, 3.05) is 6.61 Å². The lowest BCUT2D eigenvalue weighted by molar-refractivity contribution is -0.168. The third kappa shape index (κ3) is 3.66. The maximum atomic E-state index is 12.6. The summed E-state index contributed by atoms with van der Waals surface area (Å²) in [5.41, 5.74) is 5.76.